The smallest absolute Gasteiger partial charge is 0.253 e. The zero-order chi connectivity index (χ0) is 19.6. The second kappa shape index (κ2) is 10.3. The summed E-state index contributed by atoms with van der Waals surface area (Å²) in [4.78, 5) is 26.7. The van der Waals surface area contributed by atoms with Gasteiger partial charge in [-0.15, -0.1) is 0 Å². The largest absolute Gasteiger partial charge is 0.506 e. The number of nitrogens with zero attached hydrogens (tertiary/aromatic N) is 1. The predicted octanol–water partition coefficient (Wildman–Crippen LogP) is 2.77. The zero-order valence-corrected chi connectivity index (χ0v) is 15.5. The molecular weight excluding hydrogens is 344 g/mol. The van der Waals surface area contributed by atoms with Gasteiger partial charge in [0.25, 0.3) is 5.91 Å². The van der Waals surface area contributed by atoms with E-state index in [0.717, 1.165) is 24.2 Å². The molecule has 0 spiro atoms. The van der Waals surface area contributed by atoms with Gasteiger partial charge in [0.2, 0.25) is 5.91 Å². The van der Waals surface area contributed by atoms with Gasteiger partial charge in [-0.05, 0) is 24.1 Å². The predicted molar refractivity (Wildman–Crippen MR) is 104 cm³/mol. The Morgan fingerprint density at radius 3 is 2.33 bits per heavy atom. The maximum Gasteiger partial charge on any atom is 0.253 e. The fraction of sp³-hybridized carbons (Fsp3) is 0.333. The summed E-state index contributed by atoms with van der Waals surface area (Å²) in [6.07, 6.45) is 2.87. The number of rotatable bonds is 9. The van der Waals surface area contributed by atoms with Gasteiger partial charge in [-0.25, -0.2) is 0 Å². The number of carbonyl (C=O) groups is 2. The van der Waals surface area contributed by atoms with Crippen molar-refractivity contribution in [2.24, 2.45) is 0 Å². The molecule has 0 fully saturated rings. The summed E-state index contributed by atoms with van der Waals surface area (Å²) in [6.45, 7) is 1.80. The molecule has 3 N–H and O–H groups in total. The Balaban J connectivity index is 2.43. The zero-order valence-electron chi connectivity index (χ0n) is 15.5. The molecule has 1 atom stereocenters. The van der Waals surface area contributed by atoms with Crippen molar-refractivity contribution < 1.29 is 19.8 Å². The number of nitrogens with one attached hydrogen (secondary N) is 1. The van der Waals surface area contributed by atoms with E-state index in [1.54, 1.807) is 42.5 Å². The van der Waals surface area contributed by atoms with E-state index in [1.807, 2.05) is 6.07 Å². The average molecular weight is 370 g/mol. The molecule has 2 aromatic carbocycles. The first-order valence-electron chi connectivity index (χ1n) is 9.13. The van der Waals surface area contributed by atoms with Crippen molar-refractivity contribution in [1.82, 2.24) is 5.32 Å². The first kappa shape index (κ1) is 20.5. The Labute approximate surface area is 159 Å². The van der Waals surface area contributed by atoms with Crippen molar-refractivity contribution >= 4 is 17.5 Å². The van der Waals surface area contributed by atoms with Crippen LogP contribution in [0.15, 0.2) is 54.6 Å². The highest BCUT2D eigenvalue weighted by atomic mass is 16.3. The fourth-order valence-corrected chi connectivity index (χ4v) is 2.90. The van der Waals surface area contributed by atoms with Crippen LogP contribution in [0.4, 0.5) is 5.69 Å². The van der Waals surface area contributed by atoms with Crippen molar-refractivity contribution in [2.75, 3.05) is 18.1 Å². The van der Waals surface area contributed by atoms with Gasteiger partial charge in [0, 0.05) is 6.54 Å². The second-order valence-electron chi connectivity index (χ2n) is 6.22. The lowest BCUT2D eigenvalue weighted by molar-refractivity contribution is -0.127. The highest BCUT2D eigenvalue weighted by Crippen LogP contribution is 2.34. The molecule has 0 saturated carbocycles. The van der Waals surface area contributed by atoms with E-state index in [9.17, 15) is 19.8 Å². The SMILES string of the molecule is CCCCCNC(=O)C(c1ccccc1)N(C(=O)CO)c1ccccc1O. The van der Waals surface area contributed by atoms with Crippen LogP contribution in [-0.2, 0) is 9.59 Å². The number of benzene rings is 2. The Morgan fingerprint density at radius 2 is 1.70 bits per heavy atom. The van der Waals surface area contributed by atoms with E-state index in [0.29, 0.717) is 12.1 Å². The molecule has 0 aromatic heterocycles. The summed E-state index contributed by atoms with van der Waals surface area (Å²) < 4.78 is 0. The van der Waals surface area contributed by atoms with Crippen LogP contribution in [-0.4, -0.2) is 35.2 Å². The molecule has 6 heteroatoms. The second-order valence-corrected chi connectivity index (χ2v) is 6.22. The highest BCUT2D eigenvalue weighted by Gasteiger charge is 2.33. The summed E-state index contributed by atoms with van der Waals surface area (Å²) >= 11 is 0. The van der Waals surface area contributed by atoms with Crippen LogP contribution in [0, 0.1) is 0 Å². The number of aromatic hydroxyl groups is 1. The van der Waals surface area contributed by atoms with Gasteiger partial charge in [-0.2, -0.15) is 0 Å². The Morgan fingerprint density at radius 1 is 1.04 bits per heavy atom. The molecule has 1 unspecified atom stereocenters. The van der Waals surface area contributed by atoms with Gasteiger partial charge in [-0.3, -0.25) is 14.5 Å². The Kier molecular flexibility index (Phi) is 7.82. The van der Waals surface area contributed by atoms with E-state index in [1.165, 1.54) is 6.07 Å². The van der Waals surface area contributed by atoms with Gasteiger partial charge < -0.3 is 15.5 Å². The van der Waals surface area contributed by atoms with Crippen molar-refractivity contribution in [2.45, 2.75) is 32.2 Å². The van der Waals surface area contributed by atoms with Gasteiger partial charge in [-0.1, -0.05) is 62.2 Å². The molecule has 0 aliphatic rings. The third-order valence-corrected chi connectivity index (χ3v) is 4.25. The topological polar surface area (TPSA) is 89.9 Å². The van der Waals surface area contributed by atoms with Gasteiger partial charge in [0.1, 0.15) is 18.4 Å². The number of carbonyl (C=O) groups excluding carboxylic acids is 2. The minimum atomic E-state index is -0.999. The minimum Gasteiger partial charge on any atom is -0.506 e. The van der Waals surface area contributed by atoms with Crippen molar-refractivity contribution in [3.8, 4) is 5.75 Å². The van der Waals surface area contributed by atoms with Crippen LogP contribution < -0.4 is 10.2 Å². The number of aliphatic hydroxyl groups excluding tert-OH is 1. The lowest BCUT2D eigenvalue weighted by Crippen LogP contribution is -2.45. The molecule has 0 saturated heterocycles. The van der Waals surface area contributed by atoms with Crippen LogP contribution in [0.5, 0.6) is 5.75 Å². The van der Waals surface area contributed by atoms with Crippen molar-refractivity contribution in [1.29, 1.82) is 0 Å². The van der Waals surface area contributed by atoms with E-state index in [4.69, 9.17) is 0 Å². The molecule has 0 aliphatic carbocycles. The molecule has 2 amide bonds. The van der Waals surface area contributed by atoms with Crippen LogP contribution in [0.1, 0.15) is 37.8 Å². The minimum absolute atomic E-state index is 0.140. The van der Waals surface area contributed by atoms with Gasteiger partial charge >= 0.3 is 0 Å². The van der Waals surface area contributed by atoms with E-state index in [-0.39, 0.29) is 17.3 Å². The molecule has 0 radical (unpaired) electrons. The van der Waals surface area contributed by atoms with Crippen LogP contribution in [0.25, 0.3) is 0 Å². The number of anilines is 1. The summed E-state index contributed by atoms with van der Waals surface area (Å²) in [6, 6.07) is 14.1. The number of phenols is 1. The van der Waals surface area contributed by atoms with Crippen LogP contribution in [0.3, 0.4) is 0 Å². The summed E-state index contributed by atoms with van der Waals surface area (Å²) in [7, 11) is 0. The third kappa shape index (κ3) is 5.31. The molecular formula is C21H26N2O4. The first-order chi connectivity index (χ1) is 13.1. The fourth-order valence-electron chi connectivity index (χ4n) is 2.90. The molecule has 0 heterocycles. The van der Waals surface area contributed by atoms with E-state index in [2.05, 4.69) is 12.2 Å². The number of hydrogen-bond donors (Lipinski definition) is 3. The average Bonchev–Trinajstić information content (AvgIpc) is 2.70. The lowest BCUT2D eigenvalue weighted by atomic mass is 10.0. The van der Waals surface area contributed by atoms with E-state index < -0.39 is 18.6 Å². The Bertz CT molecular complexity index is 749. The molecule has 144 valence electrons. The highest BCUT2D eigenvalue weighted by molar-refractivity contribution is 6.02. The summed E-state index contributed by atoms with van der Waals surface area (Å²) in [5.74, 6) is -1.17. The Hall–Kier alpha value is -2.86. The molecule has 0 aliphatic heterocycles. The molecule has 0 bridgehead atoms. The molecule has 27 heavy (non-hydrogen) atoms. The number of aliphatic hydroxyl groups is 1. The summed E-state index contributed by atoms with van der Waals surface area (Å²) in [5.41, 5.74) is 0.768. The number of para-hydroxylation sites is 2. The normalized spacial score (nSPS) is 11.6. The summed E-state index contributed by atoms with van der Waals surface area (Å²) in [5, 5.41) is 22.6. The van der Waals surface area contributed by atoms with Crippen LogP contribution in [0.2, 0.25) is 0 Å². The number of phenolic OH excluding ortho intramolecular Hbond substituents is 1. The van der Waals surface area contributed by atoms with E-state index >= 15 is 0 Å². The standard InChI is InChI=1S/C21H26N2O4/c1-2-3-9-14-22-21(27)20(16-10-5-4-6-11-16)23(19(26)15-24)17-12-7-8-13-18(17)25/h4-8,10-13,20,24-25H,2-3,9,14-15H2,1H3,(H,22,27). The van der Waals surface area contributed by atoms with Gasteiger partial charge in [0.05, 0.1) is 5.69 Å². The lowest BCUT2D eigenvalue weighted by Gasteiger charge is -2.31. The maximum atomic E-state index is 13.0. The maximum absolute atomic E-state index is 13.0. The number of hydrogen-bond acceptors (Lipinski definition) is 4. The third-order valence-electron chi connectivity index (χ3n) is 4.25. The number of amides is 2. The first-order valence-corrected chi connectivity index (χ1v) is 9.13. The molecule has 6 nitrogen and oxygen atoms in total. The van der Waals surface area contributed by atoms with Gasteiger partial charge in [0.15, 0.2) is 0 Å². The quantitative estimate of drug-likeness (QED) is 0.592. The monoisotopic (exact) mass is 370 g/mol. The van der Waals surface area contributed by atoms with Crippen LogP contribution >= 0.6 is 0 Å². The van der Waals surface area contributed by atoms with Crippen molar-refractivity contribution in [3.05, 3.63) is 60.2 Å². The molecule has 2 aromatic rings. The van der Waals surface area contributed by atoms with Crippen molar-refractivity contribution in [3.63, 3.8) is 0 Å². The number of unbranched alkanes of at least 4 members (excludes halogenated alkanes) is 2. The molecule has 2 rings (SSSR count).